The molecule has 18 heavy (non-hydrogen) atoms. The van der Waals surface area contributed by atoms with Crippen LogP contribution in [-0.2, 0) is 6.54 Å². The number of rotatable bonds is 2. The van der Waals surface area contributed by atoms with Gasteiger partial charge in [0.1, 0.15) is 5.82 Å². The highest BCUT2D eigenvalue weighted by Gasteiger charge is 2.07. The molecule has 0 aliphatic rings. The molecule has 0 unspecified atom stereocenters. The van der Waals surface area contributed by atoms with Crippen molar-refractivity contribution in [2.75, 3.05) is 0 Å². The van der Waals surface area contributed by atoms with E-state index >= 15 is 0 Å². The van der Waals surface area contributed by atoms with Gasteiger partial charge in [-0.3, -0.25) is 9.36 Å². The lowest BCUT2D eigenvalue weighted by Gasteiger charge is -2.05. The second-order valence-electron chi connectivity index (χ2n) is 3.62. The summed E-state index contributed by atoms with van der Waals surface area (Å²) in [6.07, 6.45) is 1.23. The fourth-order valence-electron chi connectivity index (χ4n) is 1.57. The predicted molar refractivity (Wildman–Crippen MR) is 61.5 cm³/mol. The molecule has 6 heteroatoms. The van der Waals surface area contributed by atoms with Gasteiger partial charge in [0, 0.05) is 12.3 Å². The number of H-pyrrole nitrogens is 1. The molecule has 0 aliphatic heterocycles. The number of hydrogen-bond donors (Lipinski definition) is 1. The molecule has 0 saturated carbocycles. The summed E-state index contributed by atoms with van der Waals surface area (Å²) in [7, 11) is 0. The summed E-state index contributed by atoms with van der Waals surface area (Å²) in [5.74, 6) is -0.524. The standard InChI is InChI=1S/C12H8FN3O2/c13-10-2-1-8(6-14)9(5-10)7-16-11(17)3-4-15-12(16)18/h1-5H,7H2,(H,15,18). The number of nitrogens with one attached hydrogen (secondary N) is 1. The fraction of sp³-hybridized carbons (Fsp3) is 0.0833. The lowest BCUT2D eigenvalue weighted by Crippen LogP contribution is -2.34. The molecule has 0 saturated heterocycles. The van der Waals surface area contributed by atoms with Crippen molar-refractivity contribution in [1.82, 2.24) is 9.55 Å². The van der Waals surface area contributed by atoms with E-state index in [1.54, 1.807) is 0 Å². The number of nitrogens with zero attached hydrogens (tertiary/aromatic N) is 2. The van der Waals surface area contributed by atoms with Crippen LogP contribution in [0.1, 0.15) is 11.1 Å². The van der Waals surface area contributed by atoms with Crippen molar-refractivity contribution in [3.05, 3.63) is 68.2 Å². The first kappa shape index (κ1) is 11.8. The van der Waals surface area contributed by atoms with Crippen LogP contribution in [0.4, 0.5) is 4.39 Å². The van der Waals surface area contributed by atoms with Crippen molar-refractivity contribution in [3.63, 3.8) is 0 Å². The van der Waals surface area contributed by atoms with Crippen LogP contribution in [0.5, 0.6) is 0 Å². The molecule has 0 amide bonds. The van der Waals surface area contributed by atoms with Crippen molar-refractivity contribution in [3.8, 4) is 6.07 Å². The Morgan fingerprint density at radius 1 is 1.33 bits per heavy atom. The third-order valence-corrected chi connectivity index (χ3v) is 2.46. The van der Waals surface area contributed by atoms with Crippen LogP contribution in [0, 0.1) is 17.1 Å². The summed E-state index contributed by atoms with van der Waals surface area (Å²) < 4.78 is 14.0. The Kier molecular flexibility index (Phi) is 3.06. The second kappa shape index (κ2) is 4.67. The number of nitriles is 1. The summed E-state index contributed by atoms with van der Waals surface area (Å²) in [5, 5.41) is 8.88. The average molecular weight is 245 g/mol. The number of hydrogen-bond acceptors (Lipinski definition) is 3. The van der Waals surface area contributed by atoms with Gasteiger partial charge in [-0.1, -0.05) is 0 Å². The third-order valence-electron chi connectivity index (χ3n) is 2.46. The Morgan fingerprint density at radius 3 is 2.78 bits per heavy atom. The monoisotopic (exact) mass is 245 g/mol. The maximum absolute atomic E-state index is 13.1. The van der Waals surface area contributed by atoms with Gasteiger partial charge in [0.05, 0.1) is 18.2 Å². The summed E-state index contributed by atoms with van der Waals surface area (Å²) in [6, 6.07) is 6.68. The van der Waals surface area contributed by atoms with Gasteiger partial charge in [-0.2, -0.15) is 5.26 Å². The first-order chi connectivity index (χ1) is 8.61. The predicted octanol–water partition coefficient (Wildman–Crippen LogP) is 0.596. The van der Waals surface area contributed by atoms with Crippen LogP contribution in [0.15, 0.2) is 40.1 Å². The Hall–Kier alpha value is -2.68. The average Bonchev–Trinajstić information content (AvgIpc) is 2.34. The van der Waals surface area contributed by atoms with Crippen LogP contribution in [-0.4, -0.2) is 9.55 Å². The molecule has 5 nitrogen and oxygen atoms in total. The van der Waals surface area contributed by atoms with Crippen LogP contribution >= 0.6 is 0 Å². The van der Waals surface area contributed by atoms with E-state index in [-0.39, 0.29) is 17.7 Å². The Labute approximate surface area is 101 Å². The first-order valence-electron chi connectivity index (χ1n) is 5.09. The molecule has 1 N–H and O–H groups in total. The highest BCUT2D eigenvalue weighted by molar-refractivity contribution is 5.37. The SMILES string of the molecule is N#Cc1ccc(F)cc1Cn1c(=O)cc[nH]c1=O. The Morgan fingerprint density at radius 2 is 2.11 bits per heavy atom. The smallest absolute Gasteiger partial charge is 0.314 e. The highest BCUT2D eigenvalue weighted by Crippen LogP contribution is 2.10. The van der Waals surface area contributed by atoms with Crippen molar-refractivity contribution >= 4 is 0 Å². The molecule has 90 valence electrons. The summed E-state index contributed by atoms with van der Waals surface area (Å²) in [6.45, 7) is -0.143. The molecule has 0 radical (unpaired) electrons. The zero-order valence-electron chi connectivity index (χ0n) is 9.18. The fourth-order valence-corrected chi connectivity index (χ4v) is 1.57. The lowest BCUT2D eigenvalue weighted by atomic mass is 10.1. The van der Waals surface area contributed by atoms with Crippen molar-refractivity contribution in [2.24, 2.45) is 0 Å². The maximum atomic E-state index is 13.1. The molecule has 0 bridgehead atoms. The number of aromatic nitrogens is 2. The van der Waals surface area contributed by atoms with E-state index in [0.29, 0.717) is 0 Å². The topological polar surface area (TPSA) is 78.7 Å². The quantitative estimate of drug-likeness (QED) is 0.841. The Balaban J connectivity index is 2.53. The molecular formula is C12H8FN3O2. The molecule has 1 heterocycles. The normalized spacial score (nSPS) is 10.0. The Bertz CT molecular complexity index is 712. The van der Waals surface area contributed by atoms with E-state index in [2.05, 4.69) is 4.98 Å². The van der Waals surface area contributed by atoms with E-state index < -0.39 is 17.1 Å². The molecule has 2 rings (SSSR count). The van der Waals surface area contributed by atoms with E-state index in [1.807, 2.05) is 6.07 Å². The van der Waals surface area contributed by atoms with Gasteiger partial charge in [0.15, 0.2) is 0 Å². The van der Waals surface area contributed by atoms with Gasteiger partial charge < -0.3 is 4.98 Å². The minimum absolute atomic E-state index is 0.143. The molecule has 2 aromatic rings. The van der Waals surface area contributed by atoms with E-state index in [4.69, 9.17) is 5.26 Å². The summed E-state index contributed by atoms with van der Waals surface area (Å²) in [5.41, 5.74) is -0.592. The van der Waals surface area contributed by atoms with Gasteiger partial charge in [-0.15, -0.1) is 0 Å². The zero-order valence-corrected chi connectivity index (χ0v) is 9.18. The van der Waals surface area contributed by atoms with Crippen molar-refractivity contribution in [2.45, 2.75) is 6.54 Å². The molecular weight excluding hydrogens is 237 g/mol. The van der Waals surface area contributed by atoms with Crippen molar-refractivity contribution in [1.29, 1.82) is 5.26 Å². The minimum atomic E-state index is -0.601. The highest BCUT2D eigenvalue weighted by atomic mass is 19.1. The zero-order chi connectivity index (χ0) is 13.1. The molecule has 0 aliphatic carbocycles. The summed E-state index contributed by atoms with van der Waals surface area (Å²) in [4.78, 5) is 25.3. The first-order valence-corrected chi connectivity index (χ1v) is 5.09. The van der Waals surface area contributed by atoms with Gasteiger partial charge in [-0.25, -0.2) is 9.18 Å². The molecule has 0 spiro atoms. The van der Waals surface area contributed by atoms with Crippen molar-refractivity contribution < 1.29 is 4.39 Å². The van der Waals surface area contributed by atoms with Crippen LogP contribution in [0.3, 0.4) is 0 Å². The van der Waals surface area contributed by atoms with Crippen LogP contribution in [0.2, 0.25) is 0 Å². The van der Waals surface area contributed by atoms with E-state index in [1.165, 1.54) is 18.3 Å². The molecule has 1 aromatic heterocycles. The van der Waals surface area contributed by atoms with Gasteiger partial charge >= 0.3 is 5.69 Å². The number of aromatic amines is 1. The second-order valence-corrected chi connectivity index (χ2v) is 3.62. The largest absolute Gasteiger partial charge is 0.328 e. The summed E-state index contributed by atoms with van der Waals surface area (Å²) >= 11 is 0. The van der Waals surface area contributed by atoms with Crippen LogP contribution in [0.25, 0.3) is 0 Å². The molecule has 1 aromatic carbocycles. The number of benzene rings is 1. The number of halogens is 1. The maximum Gasteiger partial charge on any atom is 0.328 e. The minimum Gasteiger partial charge on any atom is -0.314 e. The molecule has 0 atom stereocenters. The van der Waals surface area contributed by atoms with E-state index in [9.17, 15) is 14.0 Å². The lowest BCUT2D eigenvalue weighted by molar-refractivity contribution is 0.620. The molecule has 0 fully saturated rings. The van der Waals surface area contributed by atoms with E-state index in [0.717, 1.165) is 16.7 Å². The van der Waals surface area contributed by atoms with Gasteiger partial charge in [0.25, 0.3) is 5.56 Å². The van der Waals surface area contributed by atoms with Gasteiger partial charge in [-0.05, 0) is 23.8 Å². The third kappa shape index (κ3) is 2.20. The van der Waals surface area contributed by atoms with Crippen LogP contribution < -0.4 is 11.2 Å². The van der Waals surface area contributed by atoms with Gasteiger partial charge in [0.2, 0.25) is 0 Å².